The molecule has 6 heteroatoms. The molecule has 2 fully saturated rings. The minimum atomic E-state index is -0.610. The van der Waals surface area contributed by atoms with Crippen molar-refractivity contribution in [2.45, 2.75) is 95.2 Å². The summed E-state index contributed by atoms with van der Waals surface area (Å²) in [7, 11) is 4.11. The Morgan fingerprint density at radius 2 is 1.75 bits per heavy atom. The first-order chi connectivity index (χ1) is 11.1. The first kappa shape index (κ1) is 20.2. The van der Waals surface area contributed by atoms with Crippen molar-refractivity contribution in [3.05, 3.63) is 0 Å². The van der Waals surface area contributed by atoms with Gasteiger partial charge in [-0.2, -0.15) is 0 Å². The molecule has 6 unspecified atom stereocenters. The number of hydrogen-bond acceptors (Lipinski definition) is 5. The van der Waals surface area contributed by atoms with Crippen LogP contribution in [0.1, 0.15) is 48.0 Å². The van der Waals surface area contributed by atoms with Crippen LogP contribution in [0.15, 0.2) is 0 Å². The van der Waals surface area contributed by atoms with Crippen molar-refractivity contribution in [3.8, 4) is 0 Å². The van der Waals surface area contributed by atoms with Gasteiger partial charge in [0.05, 0.1) is 30.5 Å². The molecule has 0 aromatic heterocycles. The topological polar surface area (TPSA) is 57.2 Å². The lowest BCUT2D eigenvalue weighted by molar-refractivity contribution is -0.153. The van der Waals surface area contributed by atoms with Gasteiger partial charge in [-0.3, -0.25) is 0 Å². The highest BCUT2D eigenvalue weighted by atomic mass is 16.6. The van der Waals surface area contributed by atoms with E-state index in [0.717, 1.165) is 6.42 Å². The highest BCUT2D eigenvalue weighted by Crippen LogP contribution is 2.42. The zero-order valence-electron chi connectivity index (χ0n) is 16.2. The Hall–Kier alpha value is -0.135. The van der Waals surface area contributed by atoms with Crippen molar-refractivity contribution in [2.75, 3.05) is 20.3 Å². The largest absolute Gasteiger partial charge is 0.390 e. The molecule has 6 atom stereocenters. The van der Waals surface area contributed by atoms with Gasteiger partial charge in [0, 0.05) is 13.7 Å². The second-order valence-electron chi connectivity index (χ2n) is 8.60. The van der Waals surface area contributed by atoms with E-state index in [9.17, 15) is 5.11 Å². The molecule has 1 N–H and O–H groups in total. The van der Waals surface area contributed by atoms with Gasteiger partial charge in [0.25, 0.3) is 0 Å². The Labute approximate surface area is 147 Å². The SMILES string of the molecule is COC(C)CC(C)(C)[B]C1COC2C(OC(C)(C)C(C)O)COC12. The van der Waals surface area contributed by atoms with Gasteiger partial charge in [-0.05, 0) is 39.9 Å². The smallest absolute Gasteiger partial charge is 0.128 e. The van der Waals surface area contributed by atoms with E-state index in [2.05, 4.69) is 28.1 Å². The van der Waals surface area contributed by atoms with E-state index in [1.54, 1.807) is 14.0 Å². The summed E-state index contributed by atoms with van der Waals surface area (Å²) in [5.41, 5.74) is -0.610. The van der Waals surface area contributed by atoms with Crippen LogP contribution in [0, 0.1) is 0 Å². The van der Waals surface area contributed by atoms with E-state index in [4.69, 9.17) is 18.9 Å². The van der Waals surface area contributed by atoms with Crippen LogP contribution in [0.5, 0.6) is 0 Å². The summed E-state index contributed by atoms with van der Waals surface area (Å²) in [6.45, 7) is 13.3. The summed E-state index contributed by atoms with van der Waals surface area (Å²) in [6, 6.07) is 0. The van der Waals surface area contributed by atoms with Crippen LogP contribution in [0.2, 0.25) is 11.1 Å². The van der Waals surface area contributed by atoms with Crippen molar-refractivity contribution in [1.82, 2.24) is 0 Å². The minimum Gasteiger partial charge on any atom is -0.390 e. The molecular weight excluding hydrogens is 307 g/mol. The van der Waals surface area contributed by atoms with E-state index in [0.29, 0.717) is 13.2 Å². The quantitative estimate of drug-likeness (QED) is 0.687. The predicted octanol–water partition coefficient (Wildman–Crippen LogP) is 2.44. The Morgan fingerprint density at radius 3 is 2.33 bits per heavy atom. The van der Waals surface area contributed by atoms with Gasteiger partial charge in [0.2, 0.25) is 0 Å². The van der Waals surface area contributed by atoms with Gasteiger partial charge in [0.15, 0.2) is 0 Å². The maximum atomic E-state index is 9.87. The molecule has 2 aliphatic rings. The Kier molecular flexibility index (Phi) is 6.41. The molecular formula is C18H34BO5. The first-order valence-electron chi connectivity index (χ1n) is 9.03. The highest BCUT2D eigenvalue weighted by Gasteiger charge is 2.51. The molecule has 2 saturated heterocycles. The van der Waals surface area contributed by atoms with Crippen LogP contribution in [0.4, 0.5) is 0 Å². The minimum absolute atomic E-state index is 0.0388. The lowest BCUT2D eigenvalue weighted by Crippen LogP contribution is -2.44. The monoisotopic (exact) mass is 341 g/mol. The van der Waals surface area contributed by atoms with E-state index >= 15 is 0 Å². The average molecular weight is 341 g/mol. The van der Waals surface area contributed by atoms with E-state index in [1.165, 1.54) is 0 Å². The van der Waals surface area contributed by atoms with Gasteiger partial charge in [-0.1, -0.05) is 19.2 Å². The number of hydrogen-bond donors (Lipinski definition) is 1. The lowest BCUT2D eigenvalue weighted by Gasteiger charge is -2.32. The van der Waals surface area contributed by atoms with E-state index in [-0.39, 0.29) is 35.5 Å². The molecule has 0 amide bonds. The molecule has 139 valence electrons. The number of aliphatic hydroxyl groups excluding tert-OH is 1. The average Bonchev–Trinajstić information content (AvgIpc) is 3.02. The van der Waals surface area contributed by atoms with Crippen LogP contribution in [-0.2, 0) is 18.9 Å². The number of fused-ring (bicyclic) bond motifs is 1. The van der Waals surface area contributed by atoms with Gasteiger partial charge in [0.1, 0.15) is 19.5 Å². The van der Waals surface area contributed by atoms with Crippen LogP contribution in [-0.4, -0.2) is 68.8 Å². The van der Waals surface area contributed by atoms with Crippen molar-refractivity contribution < 1.29 is 24.1 Å². The number of ether oxygens (including phenoxy) is 4. The highest BCUT2D eigenvalue weighted by molar-refractivity contribution is 6.42. The van der Waals surface area contributed by atoms with Gasteiger partial charge in [-0.15, -0.1) is 0 Å². The fraction of sp³-hybridized carbons (Fsp3) is 1.00. The van der Waals surface area contributed by atoms with Crippen molar-refractivity contribution in [3.63, 3.8) is 0 Å². The molecule has 24 heavy (non-hydrogen) atoms. The normalized spacial score (nSPS) is 33.3. The molecule has 2 rings (SSSR count). The zero-order chi connectivity index (χ0) is 18.1. The lowest BCUT2D eigenvalue weighted by atomic mass is 9.45. The molecule has 0 aromatic carbocycles. The summed E-state index contributed by atoms with van der Waals surface area (Å²) in [6.07, 6.45) is 0.499. The molecule has 0 aromatic rings. The molecule has 0 bridgehead atoms. The number of aliphatic hydroxyl groups is 1. The number of methoxy groups -OCH3 is 1. The van der Waals surface area contributed by atoms with Crippen LogP contribution >= 0.6 is 0 Å². The molecule has 5 nitrogen and oxygen atoms in total. The van der Waals surface area contributed by atoms with Gasteiger partial charge >= 0.3 is 0 Å². The summed E-state index contributed by atoms with van der Waals surface area (Å²) in [5.74, 6) is 0.261. The third-order valence-corrected chi connectivity index (χ3v) is 5.39. The molecule has 2 heterocycles. The fourth-order valence-electron chi connectivity index (χ4n) is 3.70. The maximum Gasteiger partial charge on any atom is 0.128 e. The Balaban J connectivity index is 1.93. The predicted molar refractivity (Wildman–Crippen MR) is 94.7 cm³/mol. The van der Waals surface area contributed by atoms with Gasteiger partial charge in [-0.25, -0.2) is 0 Å². The van der Waals surface area contributed by atoms with Crippen LogP contribution in [0.25, 0.3) is 0 Å². The summed E-state index contributed by atoms with van der Waals surface area (Å²) in [5, 5.41) is 9.92. The third-order valence-electron chi connectivity index (χ3n) is 5.39. The van der Waals surface area contributed by atoms with Gasteiger partial charge < -0.3 is 24.1 Å². The molecule has 2 aliphatic heterocycles. The maximum absolute atomic E-state index is 9.87. The molecule has 0 spiro atoms. The molecule has 1 radical (unpaired) electrons. The van der Waals surface area contributed by atoms with E-state index in [1.807, 2.05) is 13.8 Å². The summed E-state index contributed by atoms with van der Waals surface area (Å²) in [4.78, 5) is 0. The Bertz CT molecular complexity index is 412. The third kappa shape index (κ3) is 4.73. The number of rotatable bonds is 8. The first-order valence-corrected chi connectivity index (χ1v) is 9.03. The van der Waals surface area contributed by atoms with Crippen LogP contribution < -0.4 is 0 Å². The van der Waals surface area contributed by atoms with E-state index < -0.39 is 11.7 Å². The molecule has 0 aliphatic carbocycles. The summed E-state index contributed by atoms with van der Waals surface area (Å²) >= 11 is 0. The standard InChI is InChI=1S/C18H34BO5/c1-11(21-7)8-17(3,4)19-13-9-22-16-14(10-23-15(13)16)24-18(5,6)12(2)20/h11-16,20H,8-10H2,1-7H3. The fourth-order valence-corrected chi connectivity index (χ4v) is 3.70. The van der Waals surface area contributed by atoms with Crippen molar-refractivity contribution >= 4 is 7.28 Å². The molecule has 0 saturated carbocycles. The summed E-state index contributed by atoms with van der Waals surface area (Å²) < 4.78 is 23.5. The van der Waals surface area contributed by atoms with Crippen molar-refractivity contribution in [1.29, 1.82) is 0 Å². The van der Waals surface area contributed by atoms with Crippen LogP contribution in [0.3, 0.4) is 0 Å². The zero-order valence-corrected chi connectivity index (χ0v) is 16.2. The Morgan fingerprint density at radius 1 is 1.12 bits per heavy atom. The second kappa shape index (κ2) is 7.62. The van der Waals surface area contributed by atoms with Crippen molar-refractivity contribution in [2.24, 2.45) is 0 Å². The second-order valence-corrected chi connectivity index (χ2v) is 8.60.